The lowest BCUT2D eigenvalue weighted by molar-refractivity contribution is -0.122. The van der Waals surface area contributed by atoms with E-state index in [1.54, 1.807) is 31.2 Å². The Balaban J connectivity index is 1.77. The van der Waals surface area contributed by atoms with Crippen molar-refractivity contribution in [2.75, 3.05) is 42.9 Å². The summed E-state index contributed by atoms with van der Waals surface area (Å²) in [5.74, 6) is -0.578. The highest BCUT2D eigenvalue weighted by Gasteiger charge is 2.22. The highest BCUT2D eigenvalue weighted by Crippen LogP contribution is 2.26. The maximum Gasteiger partial charge on any atom is 0.336 e. The predicted octanol–water partition coefficient (Wildman–Crippen LogP) is 1.93. The maximum atomic E-state index is 12.0. The summed E-state index contributed by atoms with van der Waals surface area (Å²) in [5.41, 5.74) is 1.25. The Hall–Kier alpha value is -3.20. The average Bonchev–Trinajstić information content (AvgIpc) is 2.72. The number of carbonyl (C=O) groups is 3. The zero-order valence-corrected chi connectivity index (χ0v) is 18.1. The summed E-state index contributed by atoms with van der Waals surface area (Å²) in [6.07, 6.45) is 0.339. The molecule has 0 bridgehead atoms. The smallest absolute Gasteiger partial charge is 0.336 e. The van der Waals surface area contributed by atoms with Gasteiger partial charge in [0.15, 0.2) is 0 Å². The first-order valence-electron chi connectivity index (χ1n) is 10.5. The molecule has 166 valence electrons. The van der Waals surface area contributed by atoms with Gasteiger partial charge in [0.1, 0.15) is 5.82 Å². The van der Waals surface area contributed by atoms with Gasteiger partial charge in [-0.15, -0.1) is 0 Å². The zero-order valence-electron chi connectivity index (χ0n) is 18.1. The van der Waals surface area contributed by atoms with E-state index in [1.165, 1.54) is 0 Å². The number of aromatic nitrogens is 1. The lowest BCUT2D eigenvalue weighted by Gasteiger charge is -2.35. The molecule has 1 saturated heterocycles. The number of carboxylic acid groups (broad SMARTS) is 1. The molecule has 0 atom stereocenters. The number of nitrogens with one attached hydrogen (secondary N) is 2. The number of rotatable bonds is 7. The molecule has 3 rings (SSSR count). The van der Waals surface area contributed by atoms with Crippen LogP contribution < -0.4 is 15.5 Å². The number of fused-ring (bicyclic) bond motifs is 1. The van der Waals surface area contributed by atoms with Crippen molar-refractivity contribution in [2.24, 2.45) is 0 Å². The van der Waals surface area contributed by atoms with Gasteiger partial charge in [-0.1, -0.05) is 6.92 Å². The van der Waals surface area contributed by atoms with Crippen LogP contribution in [-0.4, -0.2) is 71.5 Å². The molecule has 0 unspecified atom stereocenters. The van der Waals surface area contributed by atoms with Gasteiger partial charge in [-0.2, -0.15) is 0 Å². The van der Waals surface area contributed by atoms with Gasteiger partial charge >= 0.3 is 5.97 Å². The van der Waals surface area contributed by atoms with Gasteiger partial charge < -0.3 is 20.6 Å². The van der Waals surface area contributed by atoms with Crippen molar-refractivity contribution in [3.05, 3.63) is 29.8 Å². The fraction of sp³-hybridized carbons (Fsp3) is 0.455. The number of amides is 2. The molecule has 2 heterocycles. The number of nitrogens with zero attached hydrogens (tertiary/aromatic N) is 3. The first kappa shape index (κ1) is 22.5. The minimum atomic E-state index is -1.04. The molecule has 0 radical (unpaired) electrons. The Morgan fingerprint density at radius 3 is 2.42 bits per heavy atom. The molecular formula is C22H29N5O4. The van der Waals surface area contributed by atoms with E-state index >= 15 is 0 Å². The Labute approximate surface area is 181 Å². The molecule has 1 aromatic heterocycles. The van der Waals surface area contributed by atoms with Gasteiger partial charge in [0, 0.05) is 49.7 Å². The minimum Gasteiger partial charge on any atom is -0.478 e. The Kier molecular flexibility index (Phi) is 7.06. The molecule has 0 saturated carbocycles. The number of aromatic carboxylic acids is 1. The Morgan fingerprint density at radius 1 is 1.10 bits per heavy atom. The normalized spacial score (nSPS) is 14.6. The Bertz CT molecular complexity index is 983. The number of anilines is 2. The summed E-state index contributed by atoms with van der Waals surface area (Å²) >= 11 is 0. The standard InChI is InChI=1S/C22H29N5O4/c1-4-20(28)24-15-5-6-18-16(11-15)17(22(30)31)12-19(25-18)27-9-7-26(8-10-27)13-21(29)23-14(2)3/h5-6,11-12,14H,4,7-10,13H2,1-3H3,(H,23,29)(H,24,28)(H,30,31). The number of carbonyl (C=O) groups excluding carboxylic acids is 2. The molecule has 3 N–H and O–H groups in total. The molecule has 2 amide bonds. The van der Waals surface area contributed by atoms with E-state index in [0.29, 0.717) is 61.6 Å². The fourth-order valence-corrected chi connectivity index (χ4v) is 3.58. The summed E-state index contributed by atoms with van der Waals surface area (Å²) in [5, 5.41) is 15.9. The summed E-state index contributed by atoms with van der Waals surface area (Å²) < 4.78 is 0. The number of benzene rings is 1. The second-order valence-electron chi connectivity index (χ2n) is 7.95. The highest BCUT2D eigenvalue weighted by molar-refractivity contribution is 6.05. The molecule has 1 aliphatic heterocycles. The van der Waals surface area contributed by atoms with Crippen LogP contribution in [0.1, 0.15) is 37.6 Å². The molecule has 9 heteroatoms. The average molecular weight is 428 g/mol. The van der Waals surface area contributed by atoms with E-state index in [9.17, 15) is 19.5 Å². The van der Waals surface area contributed by atoms with Crippen LogP contribution in [0.3, 0.4) is 0 Å². The van der Waals surface area contributed by atoms with Crippen LogP contribution >= 0.6 is 0 Å². The second-order valence-corrected chi connectivity index (χ2v) is 7.95. The molecule has 1 aromatic carbocycles. The first-order valence-corrected chi connectivity index (χ1v) is 10.5. The lowest BCUT2D eigenvalue weighted by atomic mass is 10.1. The van der Waals surface area contributed by atoms with Gasteiger partial charge in [0.05, 0.1) is 17.6 Å². The summed E-state index contributed by atoms with van der Waals surface area (Å²) in [6.45, 7) is 8.65. The lowest BCUT2D eigenvalue weighted by Crippen LogP contribution is -2.50. The number of hydrogen-bond donors (Lipinski definition) is 3. The van der Waals surface area contributed by atoms with E-state index in [0.717, 1.165) is 0 Å². The monoisotopic (exact) mass is 427 g/mol. The molecule has 1 aliphatic rings. The maximum absolute atomic E-state index is 12.0. The second kappa shape index (κ2) is 9.74. The van der Waals surface area contributed by atoms with E-state index in [-0.39, 0.29) is 23.4 Å². The van der Waals surface area contributed by atoms with Crippen molar-refractivity contribution in [3.63, 3.8) is 0 Å². The quantitative estimate of drug-likeness (QED) is 0.618. The van der Waals surface area contributed by atoms with Crippen molar-refractivity contribution in [1.82, 2.24) is 15.2 Å². The number of pyridine rings is 1. The van der Waals surface area contributed by atoms with Gasteiger partial charge in [-0.3, -0.25) is 14.5 Å². The zero-order chi connectivity index (χ0) is 22.5. The van der Waals surface area contributed by atoms with Crippen molar-refractivity contribution in [2.45, 2.75) is 33.2 Å². The fourth-order valence-electron chi connectivity index (χ4n) is 3.58. The van der Waals surface area contributed by atoms with Crippen LogP contribution in [0.2, 0.25) is 0 Å². The van der Waals surface area contributed by atoms with E-state index in [2.05, 4.69) is 20.5 Å². The summed E-state index contributed by atoms with van der Waals surface area (Å²) in [7, 11) is 0. The van der Waals surface area contributed by atoms with Gasteiger partial charge in [-0.05, 0) is 38.1 Å². The van der Waals surface area contributed by atoms with Crippen LogP contribution in [-0.2, 0) is 9.59 Å². The number of hydrogen-bond acceptors (Lipinski definition) is 6. The van der Waals surface area contributed by atoms with Crippen LogP contribution in [0.5, 0.6) is 0 Å². The van der Waals surface area contributed by atoms with Crippen LogP contribution in [0.15, 0.2) is 24.3 Å². The van der Waals surface area contributed by atoms with Crippen molar-refractivity contribution >= 4 is 40.2 Å². The van der Waals surface area contributed by atoms with Crippen LogP contribution in [0.25, 0.3) is 10.9 Å². The molecule has 0 spiro atoms. The van der Waals surface area contributed by atoms with Gasteiger partial charge in [0.2, 0.25) is 11.8 Å². The van der Waals surface area contributed by atoms with Crippen molar-refractivity contribution in [3.8, 4) is 0 Å². The molecule has 2 aromatic rings. The molecule has 0 aliphatic carbocycles. The third-order valence-corrected chi connectivity index (χ3v) is 5.14. The van der Waals surface area contributed by atoms with E-state index < -0.39 is 5.97 Å². The first-order chi connectivity index (χ1) is 14.8. The third kappa shape index (κ3) is 5.69. The molecule has 31 heavy (non-hydrogen) atoms. The minimum absolute atomic E-state index is 0.00594. The molecule has 1 fully saturated rings. The highest BCUT2D eigenvalue weighted by atomic mass is 16.4. The summed E-state index contributed by atoms with van der Waals surface area (Å²) in [4.78, 5) is 44.3. The number of piperazine rings is 1. The van der Waals surface area contributed by atoms with Crippen molar-refractivity contribution < 1.29 is 19.5 Å². The van der Waals surface area contributed by atoms with Gasteiger partial charge in [0.25, 0.3) is 0 Å². The predicted molar refractivity (Wildman–Crippen MR) is 120 cm³/mol. The SMILES string of the molecule is CCC(=O)Nc1ccc2nc(N3CCN(CC(=O)NC(C)C)CC3)cc(C(=O)O)c2c1. The topological polar surface area (TPSA) is 115 Å². The summed E-state index contributed by atoms with van der Waals surface area (Å²) in [6, 6.07) is 6.79. The van der Waals surface area contributed by atoms with Crippen LogP contribution in [0, 0.1) is 0 Å². The van der Waals surface area contributed by atoms with Crippen molar-refractivity contribution in [1.29, 1.82) is 0 Å². The third-order valence-electron chi connectivity index (χ3n) is 5.14. The van der Waals surface area contributed by atoms with Crippen LogP contribution in [0.4, 0.5) is 11.5 Å². The molecular weight excluding hydrogens is 398 g/mol. The van der Waals surface area contributed by atoms with Gasteiger partial charge in [-0.25, -0.2) is 9.78 Å². The largest absolute Gasteiger partial charge is 0.478 e. The molecule has 9 nitrogen and oxygen atoms in total. The van der Waals surface area contributed by atoms with E-state index in [1.807, 2.05) is 18.7 Å². The number of carboxylic acids is 1. The van der Waals surface area contributed by atoms with E-state index in [4.69, 9.17) is 0 Å². The Morgan fingerprint density at radius 2 is 1.81 bits per heavy atom.